The quantitative estimate of drug-likeness (QED) is 0.900. The zero-order valence-electron chi connectivity index (χ0n) is 11.5. The van der Waals surface area contributed by atoms with Crippen LogP contribution in [0.1, 0.15) is 36.1 Å². The number of halogens is 1. The second-order valence-corrected chi connectivity index (χ2v) is 6.48. The van der Waals surface area contributed by atoms with Crippen LogP contribution in [0.5, 0.6) is 0 Å². The van der Waals surface area contributed by atoms with Gasteiger partial charge < -0.3 is 5.73 Å². The van der Waals surface area contributed by atoms with Crippen molar-refractivity contribution in [3.8, 4) is 0 Å². The van der Waals surface area contributed by atoms with Crippen molar-refractivity contribution in [2.24, 2.45) is 5.73 Å². The Morgan fingerprint density at radius 1 is 1.10 bits per heavy atom. The average molecular weight is 287 g/mol. The van der Waals surface area contributed by atoms with E-state index in [0.29, 0.717) is 4.90 Å². The van der Waals surface area contributed by atoms with Crippen LogP contribution >= 0.6 is 11.8 Å². The Morgan fingerprint density at radius 2 is 1.90 bits per heavy atom. The zero-order valence-corrected chi connectivity index (χ0v) is 12.3. The highest BCUT2D eigenvalue weighted by Crippen LogP contribution is 2.34. The maximum absolute atomic E-state index is 14.1. The van der Waals surface area contributed by atoms with Crippen molar-refractivity contribution in [3.63, 3.8) is 0 Å². The van der Waals surface area contributed by atoms with Crippen LogP contribution in [0.4, 0.5) is 4.39 Å². The highest BCUT2D eigenvalue weighted by molar-refractivity contribution is 7.99. The molecular weight excluding hydrogens is 269 g/mol. The van der Waals surface area contributed by atoms with Gasteiger partial charge in [-0.15, -0.1) is 0 Å². The molecule has 3 rings (SSSR count). The molecule has 0 saturated heterocycles. The molecule has 0 amide bonds. The van der Waals surface area contributed by atoms with Gasteiger partial charge in [0.2, 0.25) is 0 Å². The Kier molecular flexibility index (Phi) is 3.81. The van der Waals surface area contributed by atoms with E-state index < -0.39 is 0 Å². The maximum atomic E-state index is 14.1. The van der Waals surface area contributed by atoms with Crippen molar-refractivity contribution >= 4 is 11.8 Å². The van der Waals surface area contributed by atoms with E-state index in [1.807, 2.05) is 19.1 Å². The molecule has 2 N–H and O–H groups in total. The Balaban J connectivity index is 1.84. The standard InChI is InChI=1S/C17H18FNS/c1-11(19)13-6-8-17(16(18)10-13)20-15-7-5-12-3-2-4-14(12)9-15/h5-11H,2-4,19H2,1H3. The smallest absolute Gasteiger partial charge is 0.137 e. The average Bonchev–Trinajstić information content (AvgIpc) is 2.88. The minimum absolute atomic E-state index is 0.136. The van der Waals surface area contributed by atoms with Gasteiger partial charge in [-0.25, -0.2) is 4.39 Å². The summed E-state index contributed by atoms with van der Waals surface area (Å²) in [5, 5.41) is 0. The van der Waals surface area contributed by atoms with Crippen LogP contribution in [0, 0.1) is 5.82 Å². The lowest BCUT2D eigenvalue weighted by molar-refractivity contribution is 0.596. The topological polar surface area (TPSA) is 26.0 Å². The normalized spacial score (nSPS) is 15.2. The third-order valence-electron chi connectivity index (χ3n) is 3.78. The molecule has 1 aliphatic rings. The van der Waals surface area contributed by atoms with Gasteiger partial charge in [0.05, 0.1) is 0 Å². The van der Waals surface area contributed by atoms with Gasteiger partial charge in [-0.1, -0.05) is 23.9 Å². The van der Waals surface area contributed by atoms with Gasteiger partial charge in [-0.3, -0.25) is 0 Å². The van der Waals surface area contributed by atoms with Crippen LogP contribution < -0.4 is 5.73 Å². The third-order valence-corrected chi connectivity index (χ3v) is 4.82. The van der Waals surface area contributed by atoms with Crippen molar-refractivity contribution < 1.29 is 4.39 Å². The van der Waals surface area contributed by atoms with Crippen LogP contribution in [0.15, 0.2) is 46.2 Å². The number of hydrogen-bond donors (Lipinski definition) is 1. The van der Waals surface area contributed by atoms with Gasteiger partial charge in [-0.2, -0.15) is 0 Å². The number of rotatable bonds is 3. The monoisotopic (exact) mass is 287 g/mol. The van der Waals surface area contributed by atoms with E-state index in [-0.39, 0.29) is 11.9 Å². The van der Waals surface area contributed by atoms with E-state index in [4.69, 9.17) is 5.73 Å². The van der Waals surface area contributed by atoms with Gasteiger partial charge in [-0.05, 0) is 67.1 Å². The van der Waals surface area contributed by atoms with Gasteiger partial charge in [0.1, 0.15) is 5.82 Å². The summed E-state index contributed by atoms with van der Waals surface area (Å²) >= 11 is 1.48. The molecule has 1 nitrogen and oxygen atoms in total. The first-order valence-electron chi connectivity index (χ1n) is 6.98. The van der Waals surface area contributed by atoms with Crippen molar-refractivity contribution in [3.05, 3.63) is 58.9 Å². The maximum Gasteiger partial charge on any atom is 0.137 e. The lowest BCUT2D eigenvalue weighted by atomic mass is 10.1. The van der Waals surface area contributed by atoms with Crippen LogP contribution in [0.3, 0.4) is 0 Å². The first kappa shape index (κ1) is 13.7. The molecule has 2 aromatic rings. The Bertz CT molecular complexity index is 637. The van der Waals surface area contributed by atoms with Crippen LogP contribution in [-0.4, -0.2) is 0 Å². The zero-order chi connectivity index (χ0) is 14.1. The molecule has 0 bridgehead atoms. The fourth-order valence-electron chi connectivity index (χ4n) is 2.62. The van der Waals surface area contributed by atoms with E-state index >= 15 is 0 Å². The molecule has 0 saturated carbocycles. The van der Waals surface area contributed by atoms with E-state index in [1.165, 1.54) is 35.7 Å². The van der Waals surface area contributed by atoms with Gasteiger partial charge in [0.25, 0.3) is 0 Å². The minimum Gasteiger partial charge on any atom is -0.324 e. The van der Waals surface area contributed by atoms with Crippen molar-refractivity contribution in [2.75, 3.05) is 0 Å². The first-order chi connectivity index (χ1) is 9.63. The highest BCUT2D eigenvalue weighted by atomic mass is 32.2. The summed E-state index contributed by atoms with van der Waals surface area (Å²) < 4.78 is 14.1. The number of hydrogen-bond acceptors (Lipinski definition) is 2. The van der Waals surface area contributed by atoms with Crippen LogP contribution in [0.2, 0.25) is 0 Å². The summed E-state index contributed by atoms with van der Waals surface area (Å²) in [6.45, 7) is 1.86. The Labute approximate surface area is 123 Å². The summed E-state index contributed by atoms with van der Waals surface area (Å²) in [6.07, 6.45) is 3.56. The molecular formula is C17H18FNS. The van der Waals surface area contributed by atoms with Crippen molar-refractivity contribution in [1.29, 1.82) is 0 Å². The number of benzene rings is 2. The van der Waals surface area contributed by atoms with E-state index in [2.05, 4.69) is 18.2 Å². The summed E-state index contributed by atoms with van der Waals surface area (Å²) in [6, 6.07) is 11.6. The summed E-state index contributed by atoms with van der Waals surface area (Å²) in [7, 11) is 0. The largest absolute Gasteiger partial charge is 0.324 e. The van der Waals surface area contributed by atoms with Crippen LogP contribution in [-0.2, 0) is 12.8 Å². The van der Waals surface area contributed by atoms with Gasteiger partial charge in [0, 0.05) is 15.8 Å². The molecule has 0 aromatic heterocycles. The third kappa shape index (κ3) is 2.74. The summed E-state index contributed by atoms with van der Waals surface area (Å²) in [4.78, 5) is 1.77. The first-order valence-corrected chi connectivity index (χ1v) is 7.80. The molecule has 0 aliphatic heterocycles. The number of fused-ring (bicyclic) bond motifs is 1. The lowest BCUT2D eigenvalue weighted by Gasteiger charge is -2.09. The second-order valence-electron chi connectivity index (χ2n) is 5.36. The Hall–Kier alpha value is -1.32. The van der Waals surface area contributed by atoms with Gasteiger partial charge in [0.15, 0.2) is 0 Å². The molecule has 104 valence electrons. The SMILES string of the molecule is CC(N)c1ccc(Sc2ccc3c(c2)CCC3)c(F)c1. The molecule has 20 heavy (non-hydrogen) atoms. The van der Waals surface area contributed by atoms with E-state index in [9.17, 15) is 4.39 Å². The van der Waals surface area contributed by atoms with E-state index in [0.717, 1.165) is 16.9 Å². The van der Waals surface area contributed by atoms with E-state index in [1.54, 1.807) is 6.07 Å². The van der Waals surface area contributed by atoms with Crippen molar-refractivity contribution in [1.82, 2.24) is 0 Å². The van der Waals surface area contributed by atoms with Gasteiger partial charge >= 0.3 is 0 Å². The second kappa shape index (κ2) is 5.58. The highest BCUT2D eigenvalue weighted by Gasteiger charge is 2.12. The molecule has 0 fully saturated rings. The molecule has 0 heterocycles. The van der Waals surface area contributed by atoms with Crippen LogP contribution in [0.25, 0.3) is 0 Å². The minimum atomic E-state index is -0.190. The molecule has 1 aliphatic carbocycles. The fraction of sp³-hybridized carbons (Fsp3) is 0.294. The molecule has 0 radical (unpaired) electrons. The molecule has 1 atom stereocenters. The summed E-state index contributed by atoms with van der Waals surface area (Å²) in [5.74, 6) is -0.190. The number of aryl methyl sites for hydroxylation is 2. The Morgan fingerprint density at radius 3 is 2.65 bits per heavy atom. The molecule has 1 unspecified atom stereocenters. The number of nitrogens with two attached hydrogens (primary N) is 1. The predicted octanol–water partition coefficient (Wildman–Crippen LogP) is 4.49. The lowest BCUT2D eigenvalue weighted by Crippen LogP contribution is -2.05. The fourth-order valence-corrected chi connectivity index (χ4v) is 3.51. The molecule has 0 spiro atoms. The molecule has 2 aromatic carbocycles. The summed E-state index contributed by atoms with van der Waals surface area (Å²) in [5.41, 5.74) is 9.47. The van der Waals surface area contributed by atoms with Crippen molar-refractivity contribution in [2.45, 2.75) is 42.0 Å². The predicted molar refractivity (Wildman–Crippen MR) is 81.6 cm³/mol. The molecule has 3 heteroatoms.